The molecule has 116 valence electrons. The van der Waals surface area contributed by atoms with Crippen LogP contribution in [0, 0.1) is 3.57 Å². The van der Waals surface area contributed by atoms with Crippen molar-refractivity contribution in [1.29, 1.82) is 0 Å². The fourth-order valence-corrected chi connectivity index (χ4v) is 2.72. The molecule has 0 radical (unpaired) electrons. The summed E-state index contributed by atoms with van der Waals surface area (Å²) in [5.41, 5.74) is 0.687. The molecule has 1 amide bonds. The average Bonchev–Trinajstić information content (AvgIpc) is 2.45. The number of hydrogen-bond donors (Lipinski definition) is 1. The predicted molar refractivity (Wildman–Crippen MR) is 94.0 cm³/mol. The molecule has 1 aromatic rings. The first kappa shape index (κ1) is 18.4. The molecule has 1 heterocycles. The van der Waals surface area contributed by atoms with E-state index in [9.17, 15) is 9.59 Å². The summed E-state index contributed by atoms with van der Waals surface area (Å²) in [5, 5.41) is 3.25. The Hall–Kier alpha value is -0.660. The smallest absolute Gasteiger partial charge is 0.223 e. The number of benzene rings is 1. The zero-order valence-electron chi connectivity index (χ0n) is 12.0. The maximum atomic E-state index is 12.1. The van der Waals surface area contributed by atoms with E-state index >= 15 is 0 Å². The Morgan fingerprint density at radius 3 is 2.57 bits per heavy atom. The second-order valence-electron chi connectivity index (χ2n) is 5.07. The monoisotopic (exact) mass is 422 g/mol. The van der Waals surface area contributed by atoms with Crippen molar-refractivity contribution in [1.82, 2.24) is 10.2 Å². The SMILES string of the molecule is C[C@H]1CNCCN1C(=O)CCC(=O)c1ccc(I)cc1.Cl. The van der Waals surface area contributed by atoms with Crippen molar-refractivity contribution < 1.29 is 9.59 Å². The number of nitrogens with one attached hydrogen (secondary N) is 1. The molecule has 1 atom stereocenters. The molecular weight excluding hydrogens is 403 g/mol. The first-order valence-corrected chi connectivity index (χ1v) is 7.95. The largest absolute Gasteiger partial charge is 0.337 e. The number of carbonyl (C=O) groups excluding carboxylic acids is 2. The van der Waals surface area contributed by atoms with E-state index in [4.69, 9.17) is 0 Å². The molecule has 2 rings (SSSR count). The van der Waals surface area contributed by atoms with Gasteiger partial charge in [0.2, 0.25) is 5.91 Å². The van der Waals surface area contributed by atoms with Crippen LogP contribution < -0.4 is 5.32 Å². The second-order valence-corrected chi connectivity index (χ2v) is 6.32. The third-order valence-corrected chi connectivity index (χ3v) is 4.27. The molecule has 1 saturated heterocycles. The number of amides is 1. The summed E-state index contributed by atoms with van der Waals surface area (Å²) in [4.78, 5) is 26.1. The van der Waals surface area contributed by atoms with Crippen molar-refractivity contribution >= 4 is 46.7 Å². The van der Waals surface area contributed by atoms with Crippen LogP contribution in [0.1, 0.15) is 30.1 Å². The molecule has 0 aromatic heterocycles. The molecule has 1 aromatic carbocycles. The van der Waals surface area contributed by atoms with Gasteiger partial charge in [-0.2, -0.15) is 0 Å². The van der Waals surface area contributed by atoms with Crippen LogP contribution in [0.25, 0.3) is 0 Å². The van der Waals surface area contributed by atoms with Gasteiger partial charge in [-0.05, 0) is 41.6 Å². The Labute approximate surface area is 145 Å². The van der Waals surface area contributed by atoms with Gasteiger partial charge in [0.25, 0.3) is 0 Å². The molecule has 4 nitrogen and oxygen atoms in total. The molecule has 0 aliphatic carbocycles. The molecular formula is C15H20ClIN2O2. The lowest BCUT2D eigenvalue weighted by atomic mass is 10.1. The number of hydrogen-bond acceptors (Lipinski definition) is 3. The van der Waals surface area contributed by atoms with Gasteiger partial charge < -0.3 is 10.2 Å². The van der Waals surface area contributed by atoms with Crippen molar-refractivity contribution in [2.24, 2.45) is 0 Å². The quantitative estimate of drug-likeness (QED) is 0.599. The third kappa shape index (κ3) is 5.23. The highest BCUT2D eigenvalue weighted by atomic mass is 127. The van der Waals surface area contributed by atoms with E-state index in [0.717, 1.165) is 23.2 Å². The highest BCUT2D eigenvalue weighted by Gasteiger charge is 2.23. The normalized spacial score (nSPS) is 18.0. The maximum Gasteiger partial charge on any atom is 0.223 e. The fourth-order valence-electron chi connectivity index (χ4n) is 2.36. The number of ketones is 1. The lowest BCUT2D eigenvalue weighted by Crippen LogP contribution is -2.52. The summed E-state index contributed by atoms with van der Waals surface area (Å²) in [6.45, 7) is 4.43. The summed E-state index contributed by atoms with van der Waals surface area (Å²) in [5.74, 6) is 0.121. The van der Waals surface area contributed by atoms with Crippen molar-refractivity contribution in [3.8, 4) is 0 Å². The van der Waals surface area contributed by atoms with Gasteiger partial charge in [-0.15, -0.1) is 12.4 Å². The molecule has 6 heteroatoms. The van der Waals surface area contributed by atoms with Crippen molar-refractivity contribution in [3.63, 3.8) is 0 Å². The number of piperazine rings is 1. The fraction of sp³-hybridized carbons (Fsp3) is 0.467. The first-order valence-electron chi connectivity index (χ1n) is 6.87. The summed E-state index contributed by atoms with van der Waals surface area (Å²) in [7, 11) is 0. The molecule has 1 N–H and O–H groups in total. The lowest BCUT2D eigenvalue weighted by Gasteiger charge is -2.34. The van der Waals surface area contributed by atoms with E-state index in [1.807, 2.05) is 36.1 Å². The highest BCUT2D eigenvalue weighted by Crippen LogP contribution is 2.12. The predicted octanol–water partition coefficient (Wildman–Crippen LogP) is 2.50. The molecule has 1 aliphatic heterocycles. The lowest BCUT2D eigenvalue weighted by molar-refractivity contribution is -0.133. The summed E-state index contributed by atoms with van der Waals surface area (Å²) in [6.07, 6.45) is 0.589. The topological polar surface area (TPSA) is 49.4 Å². The minimum Gasteiger partial charge on any atom is -0.337 e. The van der Waals surface area contributed by atoms with E-state index in [2.05, 4.69) is 27.9 Å². The van der Waals surface area contributed by atoms with Crippen LogP contribution in [0.3, 0.4) is 0 Å². The van der Waals surface area contributed by atoms with Gasteiger partial charge in [-0.1, -0.05) is 12.1 Å². The first-order chi connectivity index (χ1) is 9.58. The Kier molecular flexibility index (Phi) is 7.62. The Bertz CT molecular complexity index is 493. The van der Waals surface area contributed by atoms with Gasteiger partial charge in [-0.25, -0.2) is 0 Å². The van der Waals surface area contributed by atoms with Gasteiger partial charge in [-0.3, -0.25) is 9.59 Å². The summed E-state index contributed by atoms with van der Waals surface area (Å²) in [6, 6.07) is 7.68. The second kappa shape index (κ2) is 8.70. The van der Waals surface area contributed by atoms with E-state index in [1.165, 1.54) is 0 Å². The summed E-state index contributed by atoms with van der Waals surface area (Å²) >= 11 is 2.21. The molecule has 1 fully saturated rings. The molecule has 21 heavy (non-hydrogen) atoms. The number of Topliss-reactive ketones (excluding diaryl/α,β-unsaturated/α-hetero) is 1. The minimum atomic E-state index is 0. The van der Waals surface area contributed by atoms with Gasteiger partial charge >= 0.3 is 0 Å². The molecule has 0 spiro atoms. The van der Waals surface area contributed by atoms with Crippen LogP contribution in [0.15, 0.2) is 24.3 Å². The number of halogens is 2. The van der Waals surface area contributed by atoms with Gasteiger partial charge in [0.05, 0.1) is 0 Å². The van der Waals surface area contributed by atoms with Crippen LogP contribution in [0.4, 0.5) is 0 Å². The molecule has 0 bridgehead atoms. The Balaban J connectivity index is 0.00000220. The molecule has 0 unspecified atom stereocenters. The highest BCUT2D eigenvalue weighted by molar-refractivity contribution is 14.1. The molecule has 0 saturated carbocycles. The zero-order chi connectivity index (χ0) is 14.5. The van der Waals surface area contributed by atoms with Crippen molar-refractivity contribution in [3.05, 3.63) is 33.4 Å². The zero-order valence-corrected chi connectivity index (χ0v) is 14.9. The van der Waals surface area contributed by atoms with E-state index in [0.29, 0.717) is 12.0 Å². The number of carbonyl (C=O) groups is 2. The van der Waals surface area contributed by atoms with Crippen molar-refractivity contribution in [2.75, 3.05) is 19.6 Å². The van der Waals surface area contributed by atoms with Gasteiger partial charge in [0, 0.05) is 47.7 Å². The van der Waals surface area contributed by atoms with Crippen LogP contribution in [-0.4, -0.2) is 42.3 Å². The molecule has 1 aliphatic rings. The standard InChI is InChI=1S/C15H19IN2O2.ClH/c1-11-10-17-8-9-18(11)15(20)7-6-14(19)12-2-4-13(16)5-3-12;/h2-5,11,17H,6-10H2,1H3;1H/t11-;/m0./s1. The number of nitrogens with zero attached hydrogens (tertiary/aromatic N) is 1. The van der Waals surface area contributed by atoms with Gasteiger partial charge in [0.1, 0.15) is 0 Å². The maximum absolute atomic E-state index is 12.1. The van der Waals surface area contributed by atoms with Crippen LogP contribution >= 0.6 is 35.0 Å². The number of rotatable bonds is 4. The van der Waals surface area contributed by atoms with Crippen LogP contribution in [0.5, 0.6) is 0 Å². The van der Waals surface area contributed by atoms with Crippen molar-refractivity contribution in [2.45, 2.75) is 25.8 Å². The van der Waals surface area contributed by atoms with Gasteiger partial charge in [0.15, 0.2) is 5.78 Å². The minimum absolute atomic E-state index is 0. The average molecular weight is 423 g/mol. The van der Waals surface area contributed by atoms with E-state index in [1.54, 1.807) is 0 Å². The van der Waals surface area contributed by atoms with Crippen LogP contribution in [-0.2, 0) is 4.79 Å². The van der Waals surface area contributed by atoms with Crippen LogP contribution in [0.2, 0.25) is 0 Å². The van der Waals surface area contributed by atoms with E-state index in [-0.39, 0.29) is 36.6 Å². The Morgan fingerprint density at radius 1 is 1.29 bits per heavy atom. The van der Waals surface area contributed by atoms with E-state index < -0.39 is 0 Å². The summed E-state index contributed by atoms with van der Waals surface area (Å²) < 4.78 is 1.10. The third-order valence-electron chi connectivity index (χ3n) is 3.55. The Morgan fingerprint density at radius 2 is 1.95 bits per heavy atom.